The molecule has 2 rings (SSSR count). The minimum absolute atomic E-state index is 0.0889. The number of hydrogen-bond acceptors (Lipinski definition) is 3. The van der Waals surface area contributed by atoms with E-state index in [1.54, 1.807) is 18.2 Å². The van der Waals surface area contributed by atoms with Gasteiger partial charge in [-0.25, -0.2) is 0 Å². The lowest BCUT2D eigenvalue weighted by Gasteiger charge is -2.32. The number of aromatic nitrogens is 1. The molecule has 0 unspecified atom stereocenters. The molecule has 7 heteroatoms. The number of alkyl halides is 3. The number of nitrogens with one attached hydrogen (secondary N) is 1. The van der Waals surface area contributed by atoms with Crippen LogP contribution in [0.5, 0.6) is 0 Å². The fourth-order valence-corrected chi connectivity index (χ4v) is 2.25. The smallest absolute Gasteiger partial charge is 0.348 e. The molecule has 1 aliphatic heterocycles. The largest absolute Gasteiger partial charge is 0.401 e. The van der Waals surface area contributed by atoms with Crippen molar-refractivity contribution in [1.82, 2.24) is 15.2 Å². The highest BCUT2D eigenvalue weighted by molar-refractivity contribution is 5.92. The molecule has 0 saturated carbocycles. The molecule has 0 aromatic carbocycles. The van der Waals surface area contributed by atoms with Crippen LogP contribution in [0.15, 0.2) is 24.4 Å². The molecule has 1 N–H and O–H groups in total. The van der Waals surface area contributed by atoms with Crippen molar-refractivity contribution < 1.29 is 18.0 Å². The first kappa shape index (κ1) is 14.8. The summed E-state index contributed by atoms with van der Waals surface area (Å²) in [5.74, 6) is -0.278. The maximum atomic E-state index is 12.2. The van der Waals surface area contributed by atoms with Crippen molar-refractivity contribution in [2.24, 2.45) is 0 Å². The maximum Gasteiger partial charge on any atom is 0.401 e. The number of likely N-dealkylation sites (tertiary alicyclic amines) is 1. The molecule has 0 aliphatic carbocycles. The molecule has 1 aliphatic rings. The van der Waals surface area contributed by atoms with E-state index in [4.69, 9.17) is 0 Å². The molecule has 1 amide bonds. The normalized spacial score (nSPS) is 17.9. The highest BCUT2D eigenvalue weighted by atomic mass is 19.4. The summed E-state index contributed by atoms with van der Waals surface area (Å²) in [6.07, 6.45) is -1.59. The molecule has 1 aromatic heterocycles. The van der Waals surface area contributed by atoms with E-state index in [1.807, 2.05) is 0 Å². The van der Waals surface area contributed by atoms with Gasteiger partial charge in [0.1, 0.15) is 5.69 Å². The Balaban J connectivity index is 1.79. The minimum atomic E-state index is -4.16. The van der Waals surface area contributed by atoms with E-state index in [2.05, 4.69) is 10.3 Å². The van der Waals surface area contributed by atoms with E-state index in [-0.39, 0.29) is 11.9 Å². The third-order valence-electron chi connectivity index (χ3n) is 3.22. The molecule has 1 fully saturated rings. The fraction of sp³-hybridized carbons (Fsp3) is 0.538. The average molecular weight is 287 g/mol. The zero-order valence-electron chi connectivity index (χ0n) is 10.9. The molecule has 110 valence electrons. The van der Waals surface area contributed by atoms with Crippen molar-refractivity contribution >= 4 is 5.91 Å². The molecule has 0 bridgehead atoms. The Labute approximate surface area is 115 Å². The summed E-state index contributed by atoms with van der Waals surface area (Å²) in [4.78, 5) is 17.2. The SMILES string of the molecule is O=C(NC1CCN(CC(F)(F)F)CC1)c1ccccn1. The van der Waals surface area contributed by atoms with Gasteiger partial charge in [0.2, 0.25) is 0 Å². The highest BCUT2D eigenvalue weighted by Crippen LogP contribution is 2.19. The first-order valence-corrected chi connectivity index (χ1v) is 6.45. The number of nitrogens with zero attached hydrogens (tertiary/aromatic N) is 2. The summed E-state index contributed by atoms with van der Waals surface area (Å²) < 4.78 is 36.7. The van der Waals surface area contributed by atoms with E-state index in [0.29, 0.717) is 31.6 Å². The van der Waals surface area contributed by atoms with Gasteiger partial charge in [0, 0.05) is 25.3 Å². The van der Waals surface area contributed by atoms with Crippen LogP contribution in [-0.4, -0.2) is 47.6 Å². The van der Waals surface area contributed by atoms with E-state index in [9.17, 15) is 18.0 Å². The van der Waals surface area contributed by atoms with Crippen molar-refractivity contribution in [2.45, 2.75) is 25.1 Å². The van der Waals surface area contributed by atoms with Crippen molar-refractivity contribution in [3.8, 4) is 0 Å². The van der Waals surface area contributed by atoms with Gasteiger partial charge in [-0.05, 0) is 25.0 Å². The first-order chi connectivity index (χ1) is 9.44. The number of piperidine rings is 1. The van der Waals surface area contributed by atoms with Gasteiger partial charge in [0.25, 0.3) is 5.91 Å². The topological polar surface area (TPSA) is 45.2 Å². The lowest BCUT2D eigenvalue weighted by molar-refractivity contribution is -0.148. The molecule has 4 nitrogen and oxygen atoms in total. The molecule has 1 aromatic rings. The van der Waals surface area contributed by atoms with Crippen LogP contribution in [0.25, 0.3) is 0 Å². The zero-order valence-corrected chi connectivity index (χ0v) is 10.9. The molecule has 20 heavy (non-hydrogen) atoms. The fourth-order valence-electron chi connectivity index (χ4n) is 2.25. The van der Waals surface area contributed by atoms with Gasteiger partial charge in [-0.3, -0.25) is 14.7 Å². The Hall–Kier alpha value is -1.63. The number of rotatable bonds is 3. The third kappa shape index (κ3) is 4.48. The van der Waals surface area contributed by atoms with Crippen LogP contribution in [0.3, 0.4) is 0 Å². The van der Waals surface area contributed by atoms with Crippen molar-refractivity contribution in [3.63, 3.8) is 0 Å². The van der Waals surface area contributed by atoms with E-state index >= 15 is 0 Å². The Bertz CT molecular complexity index is 442. The van der Waals surface area contributed by atoms with Crippen LogP contribution in [0.4, 0.5) is 13.2 Å². The van der Waals surface area contributed by atoms with Gasteiger partial charge in [0.15, 0.2) is 0 Å². The minimum Gasteiger partial charge on any atom is -0.348 e. The summed E-state index contributed by atoms with van der Waals surface area (Å²) >= 11 is 0. The highest BCUT2D eigenvalue weighted by Gasteiger charge is 2.32. The van der Waals surface area contributed by atoms with Crippen molar-refractivity contribution in [2.75, 3.05) is 19.6 Å². The Morgan fingerprint density at radius 3 is 2.60 bits per heavy atom. The second-order valence-electron chi connectivity index (χ2n) is 4.85. The summed E-state index contributed by atoms with van der Waals surface area (Å²) in [5, 5.41) is 2.81. The van der Waals surface area contributed by atoms with Gasteiger partial charge in [-0.1, -0.05) is 6.07 Å². The van der Waals surface area contributed by atoms with Crippen LogP contribution < -0.4 is 5.32 Å². The summed E-state index contributed by atoms with van der Waals surface area (Å²) in [6.45, 7) is -0.201. The lowest BCUT2D eigenvalue weighted by atomic mass is 10.0. The molecular formula is C13H16F3N3O. The number of halogens is 3. The predicted molar refractivity (Wildman–Crippen MR) is 67.2 cm³/mol. The van der Waals surface area contributed by atoms with Crippen LogP contribution in [-0.2, 0) is 0 Å². The third-order valence-corrected chi connectivity index (χ3v) is 3.22. The van der Waals surface area contributed by atoms with E-state index < -0.39 is 12.7 Å². The van der Waals surface area contributed by atoms with Crippen LogP contribution >= 0.6 is 0 Å². The average Bonchev–Trinajstić information content (AvgIpc) is 2.40. The van der Waals surface area contributed by atoms with E-state index in [0.717, 1.165) is 0 Å². The van der Waals surface area contributed by atoms with Gasteiger partial charge < -0.3 is 5.32 Å². The number of carbonyl (C=O) groups excluding carboxylic acids is 1. The van der Waals surface area contributed by atoms with Gasteiger partial charge in [0.05, 0.1) is 6.54 Å². The summed E-state index contributed by atoms with van der Waals surface area (Å²) in [7, 11) is 0. The number of pyridine rings is 1. The van der Waals surface area contributed by atoms with Gasteiger partial charge in [-0.15, -0.1) is 0 Å². The number of hydrogen-bond donors (Lipinski definition) is 1. The van der Waals surface area contributed by atoms with Gasteiger partial charge in [-0.2, -0.15) is 13.2 Å². The van der Waals surface area contributed by atoms with Crippen LogP contribution in [0, 0.1) is 0 Å². The molecule has 2 heterocycles. The lowest BCUT2D eigenvalue weighted by Crippen LogP contribution is -2.47. The molecule has 0 atom stereocenters. The monoisotopic (exact) mass is 287 g/mol. The first-order valence-electron chi connectivity index (χ1n) is 6.45. The maximum absolute atomic E-state index is 12.2. The second kappa shape index (κ2) is 6.21. The zero-order chi connectivity index (χ0) is 14.6. The van der Waals surface area contributed by atoms with E-state index in [1.165, 1.54) is 11.1 Å². The molecule has 0 radical (unpaired) electrons. The van der Waals surface area contributed by atoms with Crippen LogP contribution in [0.2, 0.25) is 0 Å². The Morgan fingerprint density at radius 2 is 2.05 bits per heavy atom. The molecular weight excluding hydrogens is 271 g/mol. The van der Waals surface area contributed by atoms with Crippen molar-refractivity contribution in [1.29, 1.82) is 0 Å². The quantitative estimate of drug-likeness (QED) is 0.922. The summed E-state index contributed by atoms with van der Waals surface area (Å²) in [6, 6.07) is 4.95. The Morgan fingerprint density at radius 1 is 1.35 bits per heavy atom. The summed E-state index contributed by atoms with van der Waals surface area (Å²) in [5.41, 5.74) is 0.324. The molecule has 1 saturated heterocycles. The molecule has 0 spiro atoms. The standard InChI is InChI=1S/C13H16F3N3O/c14-13(15,16)9-19-7-4-10(5-8-19)18-12(20)11-3-1-2-6-17-11/h1-3,6,10H,4-5,7-9H2,(H,18,20). The van der Waals surface area contributed by atoms with Gasteiger partial charge >= 0.3 is 6.18 Å². The van der Waals surface area contributed by atoms with Crippen LogP contribution in [0.1, 0.15) is 23.3 Å². The Kier molecular flexibility index (Phi) is 4.59. The van der Waals surface area contributed by atoms with Crippen molar-refractivity contribution in [3.05, 3.63) is 30.1 Å². The second-order valence-corrected chi connectivity index (χ2v) is 4.85. The number of carbonyl (C=O) groups is 1. The number of amides is 1. The predicted octanol–water partition coefficient (Wildman–Crippen LogP) is 1.84.